The van der Waals surface area contributed by atoms with Gasteiger partial charge in [-0.2, -0.15) is 4.98 Å². The van der Waals surface area contributed by atoms with E-state index in [0.717, 1.165) is 22.3 Å². The molecule has 0 spiro atoms. The Morgan fingerprint density at radius 2 is 1.82 bits per heavy atom. The molecule has 1 N–H and O–H groups in total. The normalized spacial score (nSPS) is 11.1. The SMILES string of the molecule is Cc1ccccc1OCCCOc1nc2c(=O)n(C)c(=O)n(CCCc3cccs3)c2c(=O)[nH]1. The third kappa shape index (κ3) is 5.12. The monoisotopic (exact) mass is 482 g/mol. The van der Waals surface area contributed by atoms with Crippen LogP contribution in [0.15, 0.2) is 56.2 Å². The molecule has 4 aromatic rings. The van der Waals surface area contributed by atoms with E-state index >= 15 is 0 Å². The van der Waals surface area contributed by atoms with Crippen LogP contribution in [0.1, 0.15) is 23.3 Å². The first-order valence-corrected chi connectivity index (χ1v) is 11.9. The van der Waals surface area contributed by atoms with Crippen molar-refractivity contribution in [2.24, 2.45) is 7.05 Å². The van der Waals surface area contributed by atoms with Crippen LogP contribution in [0.5, 0.6) is 11.8 Å². The first-order valence-electron chi connectivity index (χ1n) is 11.0. The van der Waals surface area contributed by atoms with E-state index in [-0.39, 0.29) is 23.7 Å². The van der Waals surface area contributed by atoms with Gasteiger partial charge in [-0.3, -0.25) is 23.7 Å². The molecule has 0 aliphatic heterocycles. The lowest BCUT2D eigenvalue weighted by Crippen LogP contribution is -2.41. The molecule has 0 saturated heterocycles. The predicted molar refractivity (Wildman–Crippen MR) is 131 cm³/mol. The molecule has 0 bridgehead atoms. The molecule has 0 atom stereocenters. The summed E-state index contributed by atoms with van der Waals surface area (Å²) in [6.45, 7) is 2.93. The van der Waals surface area contributed by atoms with Gasteiger partial charge in [-0.1, -0.05) is 24.3 Å². The van der Waals surface area contributed by atoms with Gasteiger partial charge in [0.15, 0.2) is 5.52 Å². The van der Waals surface area contributed by atoms with Gasteiger partial charge in [0.05, 0.1) is 13.2 Å². The van der Waals surface area contributed by atoms with Gasteiger partial charge in [-0.05, 0) is 42.8 Å². The van der Waals surface area contributed by atoms with Gasteiger partial charge in [-0.15, -0.1) is 11.3 Å². The zero-order valence-corrected chi connectivity index (χ0v) is 19.9. The number of ether oxygens (including phenoxy) is 2. The number of para-hydroxylation sites is 1. The van der Waals surface area contributed by atoms with Crippen LogP contribution in [0, 0.1) is 6.92 Å². The number of aryl methyl sites for hydroxylation is 3. The van der Waals surface area contributed by atoms with Crippen LogP contribution in [0.3, 0.4) is 0 Å². The summed E-state index contributed by atoms with van der Waals surface area (Å²) in [4.78, 5) is 46.2. The summed E-state index contributed by atoms with van der Waals surface area (Å²) < 4.78 is 13.6. The molecule has 3 aromatic heterocycles. The van der Waals surface area contributed by atoms with Crippen LogP contribution in [-0.2, 0) is 20.0 Å². The number of hydrogen-bond acceptors (Lipinski definition) is 7. The summed E-state index contributed by atoms with van der Waals surface area (Å²) in [5, 5.41) is 1.99. The Kier molecular flexibility index (Phi) is 7.27. The van der Waals surface area contributed by atoms with Crippen LogP contribution < -0.4 is 26.3 Å². The van der Waals surface area contributed by atoms with Crippen molar-refractivity contribution in [1.82, 2.24) is 19.1 Å². The Balaban J connectivity index is 1.48. The van der Waals surface area contributed by atoms with Crippen LogP contribution in [0.25, 0.3) is 11.0 Å². The molecule has 34 heavy (non-hydrogen) atoms. The van der Waals surface area contributed by atoms with Crippen molar-refractivity contribution in [3.63, 3.8) is 0 Å². The second-order valence-corrected chi connectivity index (χ2v) is 8.90. The molecule has 4 rings (SSSR count). The maximum Gasteiger partial charge on any atom is 0.331 e. The molecule has 3 heterocycles. The van der Waals surface area contributed by atoms with Gasteiger partial charge >= 0.3 is 5.69 Å². The Labute approximate surface area is 199 Å². The number of H-pyrrole nitrogens is 1. The van der Waals surface area contributed by atoms with Gasteiger partial charge in [0.2, 0.25) is 0 Å². The van der Waals surface area contributed by atoms with Gasteiger partial charge in [0.1, 0.15) is 11.3 Å². The molecule has 10 heteroatoms. The second kappa shape index (κ2) is 10.5. The van der Waals surface area contributed by atoms with E-state index in [9.17, 15) is 14.4 Å². The molecule has 0 aliphatic carbocycles. The van der Waals surface area contributed by atoms with Crippen molar-refractivity contribution in [1.29, 1.82) is 0 Å². The summed E-state index contributed by atoms with van der Waals surface area (Å²) in [6, 6.07) is 11.7. The number of nitrogens with one attached hydrogen (secondary N) is 1. The number of aromatic amines is 1. The minimum absolute atomic E-state index is 0.0329. The van der Waals surface area contributed by atoms with E-state index in [0.29, 0.717) is 26.0 Å². The van der Waals surface area contributed by atoms with Crippen molar-refractivity contribution in [3.05, 3.63) is 83.4 Å². The number of benzene rings is 1. The van der Waals surface area contributed by atoms with E-state index in [1.54, 1.807) is 11.3 Å². The number of hydrogen-bond donors (Lipinski definition) is 1. The van der Waals surface area contributed by atoms with E-state index in [1.807, 2.05) is 48.7 Å². The van der Waals surface area contributed by atoms with Crippen LogP contribution in [0.2, 0.25) is 0 Å². The summed E-state index contributed by atoms with van der Waals surface area (Å²) in [5.74, 6) is 0.806. The highest BCUT2D eigenvalue weighted by Gasteiger charge is 2.17. The lowest BCUT2D eigenvalue weighted by molar-refractivity contribution is 0.235. The maximum absolute atomic E-state index is 12.8. The smallest absolute Gasteiger partial charge is 0.331 e. The molecule has 1 aromatic carbocycles. The summed E-state index contributed by atoms with van der Waals surface area (Å²) in [5.41, 5.74) is -0.836. The van der Waals surface area contributed by atoms with Crippen molar-refractivity contribution in [3.8, 4) is 11.8 Å². The van der Waals surface area contributed by atoms with Crippen molar-refractivity contribution in [2.75, 3.05) is 13.2 Å². The summed E-state index contributed by atoms with van der Waals surface area (Å²) in [7, 11) is 1.38. The Morgan fingerprint density at radius 3 is 2.59 bits per heavy atom. The first-order chi connectivity index (χ1) is 16.5. The quantitative estimate of drug-likeness (QED) is 0.348. The molecule has 9 nitrogen and oxygen atoms in total. The molecular formula is C24H26N4O5S. The summed E-state index contributed by atoms with van der Waals surface area (Å²) in [6.07, 6.45) is 1.97. The van der Waals surface area contributed by atoms with E-state index < -0.39 is 16.8 Å². The standard InChI is InChI=1S/C24H26N4O5S/c1-16-8-3-4-11-18(16)32-13-7-14-33-23-25-19-20(21(29)26-23)28(24(31)27(2)22(19)30)12-5-9-17-10-6-15-34-17/h3-4,6,8,10-11,15H,5,7,9,12-14H2,1-2H3,(H,25,26,29). The Morgan fingerprint density at radius 1 is 1.03 bits per heavy atom. The Bertz CT molecular complexity index is 1450. The van der Waals surface area contributed by atoms with E-state index in [2.05, 4.69) is 9.97 Å². The lowest BCUT2D eigenvalue weighted by Gasteiger charge is -2.12. The van der Waals surface area contributed by atoms with Crippen LogP contribution >= 0.6 is 11.3 Å². The van der Waals surface area contributed by atoms with Crippen molar-refractivity contribution < 1.29 is 9.47 Å². The average molecular weight is 483 g/mol. The largest absolute Gasteiger partial charge is 0.493 e. The highest BCUT2D eigenvalue weighted by molar-refractivity contribution is 7.09. The Hall–Kier alpha value is -3.66. The minimum Gasteiger partial charge on any atom is -0.493 e. The molecule has 0 unspecified atom stereocenters. The molecule has 178 valence electrons. The molecule has 0 amide bonds. The van der Waals surface area contributed by atoms with Gasteiger partial charge in [0, 0.05) is 24.9 Å². The molecule has 0 saturated carbocycles. The predicted octanol–water partition coefficient (Wildman–Crippen LogP) is 2.63. The highest BCUT2D eigenvalue weighted by atomic mass is 32.1. The fourth-order valence-corrected chi connectivity index (χ4v) is 4.39. The van der Waals surface area contributed by atoms with E-state index in [4.69, 9.17) is 9.47 Å². The molecule has 0 aliphatic rings. The van der Waals surface area contributed by atoms with Crippen molar-refractivity contribution in [2.45, 2.75) is 32.7 Å². The third-order valence-corrected chi connectivity index (χ3v) is 6.37. The number of fused-ring (bicyclic) bond motifs is 1. The average Bonchev–Trinajstić information content (AvgIpc) is 3.34. The van der Waals surface area contributed by atoms with Gasteiger partial charge in [-0.25, -0.2) is 4.79 Å². The van der Waals surface area contributed by atoms with Crippen LogP contribution in [-0.4, -0.2) is 32.3 Å². The fourth-order valence-electron chi connectivity index (χ4n) is 3.64. The van der Waals surface area contributed by atoms with Gasteiger partial charge < -0.3 is 9.47 Å². The second-order valence-electron chi connectivity index (χ2n) is 7.87. The number of nitrogens with zero attached hydrogens (tertiary/aromatic N) is 3. The maximum atomic E-state index is 12.8. The zero-order valence-electron chi connectivity index (χ0n) is 19.1. The van der Waals surface area contributed by atoms with Crippen molar-refractivity contribution >= 4 is 22.4 Å². The third-order valence-electron chi connectivity index (χ3n) is 5.43. The highest BCUT2D eigenvalue weighted by Crippen LogP contribution is 2.16. The number of thiophene rings is 1. The topological polar surface area (TPSA) is 108 Å². The zero-order chi connectivity index (χ0) is 24.1. The fraction of sp³-hybridized carbons (Fsp3) is 0.333. The van der Waals surface area contributed by atoms with E-state index in [1.165, 1.54) is 16.5 Å². The van der Waals surface area contributed by atoms with Crippen LogP contribution in [0.4, 0.5) is 0 Å². The minimum atomic E-state index is -0.631. The lowest BCUT2D eigenvalue weighted by atomic mass is 10.2. The number of aromatic nitrogens is 4. The first kappa shape index (κ1) is 23.5. The molecular weight excluding hydrogens is 456 g/mol. The molecule has 0 radical (unpaired) electrons. The number of rotatable bonds is 10. The van der Waals surface area contributed by atoms with Gasteiger partial charge in [0.25, 0.3) is 17.1 Å². The summed E-state index contributed by atoms with van der Waals surface area (Å²) >= 11 is 1.64. The molecule has 0 fully saturated rings.